The van der Waals surface area contributed by atoms with E-state index in [0.29, 0.717) is 6.61 Å². The summed E-state index contributed by atoms with van der Waals surface area (Å²) in [6, 6.07) is 9.87. The van der Waals surface area contributed by atoms with E-state index >= 15 is 0 Å². The van der Waals surface area contributed by atoms with Gasteiger partial charge < -0.3 is 17.1 Å². The number of ether oxygens (including phenoxy) is 1. The predicted octanol–water partition coefficient (Wildman–Crippen LogP) is -2.39. The van der Waals surface area contributed by atoms with Crippen molar-refractivity contribution in [2.24, 2.45) is 0 Å². The first-order valence-corrected chi connectivity index (χ1v) is 3.81. The summed E-state index contributed by atoms with van der Waals surface area (Å²) in [5.41, 5.74) is 4.27. The molecule has 0 atom stereocenters. The molecule has 3 N–H and O–H groups in total. The zero-order chi connectivity index (χ0) is 8.81. The van der Waals surface area contributed by atoms with Gasteiger partial charge in [0, 0.05) is 6.42 Å². The number of amides is 1. The molecule has 1 rings (SSSR count). The van der Waals surface area contributed by atoms with Crippen LogP contribution in [0.25, 0.3) is 0 Å². The van der Waals surface area contributed by atoms with Crippen LogP contribution < -0.4 is 18.1 Å². The Bertz CT molecular complexity index is 251. The lowest BCUT2D eigenvalue weighted by molar-refractivity contribution is -0.282. The highest BCUT2D eigenvalue weighted by atomic mass is 35.5. The van der Waals surface area contributed by atoms with Crippen LogP contribution in [0.2, 0.25) is 0 Å². The minimum atomic E-state index is -0.467. The SMILES string of the molecule is [Cl-].[NH3+]C(=O)OCCc1ccccc1. The van der Waals surface area contributed by atoms with E-state index in [-0.39, 0.29) is 12.4 Å². The highest BCUT2D eigenvalue weighted by Gasteiger charge is 1.97. The third kappa shape index (κ3) is 5.22. The van der Waals surface area contributed by atoms with Gasteiger partial charge in [0.25, 0.3) is 0 Å². The number of hydrogen-bond acceptors (Lipinski definition) is 2. The molecule has 1 aromatic carbocycles. The van der Waals surface area contributed by atoms with Gasteiger partial charge in [-0.3, -0.25) is 5.73 Å². The number of quaternary nitrogens is 1. The molecule has 0 aliphatic carbocycles. The van der Waals surface area contributed by atoms with Gasteiger partial charge >= 0.3 is 6.09 Å². The maximum absolute atomic E-state index is 10.3. The first-order valence-electron chi connectivity index (χ1n) is 3.81. The average Bonchev–Trinajstić information content (AvgIpc) is 2.05. The Balaban J connectivity index is 0.00000144. The molecule has 4 heteroatoms. The fraction of sp³-hybridized carbons (Fsp3) is 0.222. The molecule has 0 radical (unpaired) electrons. The van der Waals surface area contributed by atoms with Crippen LogP contribution in [0.1, 0.15) is 5.56 Å². The molecule has 1 amide bonds. The van der Waals surface area contributed by atoms with Crippen molar-refractivity contribution in [1.29, 1.82) is 0 Å². The second-order valence-corrected chi connectivity index (χ2v) is 2.46. The Morgan fingerprint density at radius 2 is 1.92 bits per heavy atom. The van der Waals surface area contributed by atoms with Gasteiger partial charge in [-0.1, -0.05) is 30.3 Å². The summed E-state index contributed by atoms with van der Waals surface area (Å²) >= 11 is 0. The molecule has 0 fully saturated rings. The lowest BCUT2D eigenvalue weighted by Crippen LogP contribution is -3.00. The molecule has 0 saturated carbocycles. The van der Waals surface area contributed by atoms with E-state index in [2.05, 4.69) is 5.73 Å². The summed E-state index contributed by atoms with van der Waals surface area (Å²) in [6.07, 6.45) is 0.285. The fourth-order valence-electron chi connectivity index (χ4n) is 0.927. The van der Waals surface area contributed by atoms with Crippen molar-refractivity contribution in [2.45, 2.75) is 6.42 Å². The first kappa shape index (κ1) is 11.9. The lowest BCUT2D eigenvalue weighted by atomic mass is 10.2. The number of rotatable bonds is 3. The molecule has 1 aromatic rings. The van der Waals surface area contributed by atoms with Crippen LogP contribution in [0, 0.1) is 0 Å². The topological polar surface area (TPSA) is 53.9 Å². The molecule has 0 aromatic heterocycles. The summed E-state index contributed by atoms with van der Waals surface area (Å²) in [6.45, 7) is 0.409. The third-order valence-electron chi connectivity index (χ3n) is 1.50. The number of halogens is 1. The maximum atomic E-state index is 10.3. The van der Waals surface area contributed by atoms with Crippen LogP contribution in [0.15, 0.2) is 30.3 Å². The summed E-state index contributed by atoms with van der Waals surface area (Å²) in [5.74, 6) is 0. The van der Waals surface area contributed by atoms with Crippen molar-refractivity contribution < 1.29 is 27.7 Å². The van der Waals surface area contributed by atoms with E-state index < -0.39 is 6.09 Å². The molecule has 0 unspecified atom stereocenters. The normalized spacial score (nSPS) is 8.69. The molecule has 0 spiro atoms. The lowest BCUT2D eigenvalue weighted by Gasteiger charge is -1.98. The van der Waals surface area contributed by atoms with Crippen LogP contribution >= 0.6 is 0 Å². The number of hydrogen-bond donors (Lipinski definition) is 1. The van der Waals surface area contributed by atoms with Crippen LogP contribution in [0.5, 0.6) is 0 Å². The average molecular weight is 202 g/mol. The maximum Gasteiger partial charge on any atom is 0.511 e. The summed E-state index contributed by atoms with van der Waals surface area (Å²) < 4.78 is 4.70. The molecule has 0 heterocycles. The number of carbonyl (C=O) groups excluding carboxylic acids is 1. The van der Waals surface area contributed by atoms with Crippen molar-refractivity contribution in [3.8, 4) is 0 Å². The molecule has 0 aliphatic rings. The van der Waals surface area contributed by atoms with Gasteiger partial charge in [0.05, 0.1) is 0 Å². The van der Waals surface area contributed by atoms with Gasteiger partial charge in [0.2, 0.25) is 0 Å². The number of carbonyl (C=O) groups is 1. The zero-order valence-electron chi connectivity index (χ0n) is 7.20. The van der Waals surface area contributed by atoms with Crippen LogP contribution in [-0.2, 0) is 11.2 Å². The Morgan fingerprint density at radius 3 is 2.46 bits per heavy atom. The van der Waals surface area contributed by atoms with Gasteiger partial charge in [-0.2, -0.15) is 4.79 Å². The molecular weight excluding hydrogens is 190 g/mol. The fourth-order valence-corrected chi connectivity index (χ4v) is 0.927. The Labute approximate surface area is 83.3 Å². The zero-order valence-corrected chi connectivity index (χ0v) is 7.96. The minimum absolute atomic E-state index is 0. The van der Waals surface area contributed by atoms with Gasteiger partial charge in [-0.15, -0.1) is 0 Å². The first-order chi connectivity index (χ1) is 5.79. The Hall–Kier alpha value is -1.06. The quantitative estimate of drug-likeness (QED) is 0.594. The molecule has 3 nitrogen and oxygen atoms in total. The van der Waals surface area contributed by atoms with Crippen molar-refractivity contribution >= 4 is 6.09 Å². The third-order valence-corrected chi connectivity index (χ3v) is 1.50. The molecule has 72 valence electrons. The van der Waals surface area contributed by atoms with E-state index in [1.54, 1.807) is 0 Å². The largest absolute Gasteiger partial charge is 1.00 e. The van der Waals surface area contributed by atoms with E-state index in [0.717, 1.165) is 6.42 Å². The Kier molecular flexibility index (Phi) is 5.93. The standard InChI is InChI=1S/C9H11NO2.ClH/c10-9(11)12-7-6-8-4-2-1-3-5-8;/h1-5H,6-7H2,(H2,10,11);1H. The summed E-state index contributed by atoms with van der Waals surface area (Å²) in [7, 11) is 0. The van der Waals surface area contributed by atoms with E-state index in [4.69, 9.17) is 4.74 Å². The van der Waals surface area contributed by atoms with Gasteiger partial charge in [-0.25, -0.2) is 0 Å². The smallest absolute Gasteiger partial charge is 0.511 e. The van der Waals surface area contributed by atoms with E-state index in [1.807, 2.05) is 30.3 Å². The molecular formula is C9H12ClNO2. The van der Waals surface area contributed by atoms with Crippen molar-refractivity contribution in [2.75, 3.05) is 6.61 Å². The molecule has 13 heavy (non-hydrogen) atoms. The molecule has 0 bridgehead atoms. The van der Waals surface area contributed by atoms with Crippen molar-refractivity contribution in [3.05, 3.63) is 35.9 Å². The van der Waals surface area contributed by atoms with E-state index in [9.17, 15) is 4.79 Å². The number of benzene rings is 1. The van der Waals surface area contributed by atoms with Crippen LogP contribution in [0.4, 0.5) is 4.79 Å². The summed E-state index contributed by atoms with van der Waals surface area (Å²) in [4.78, 5) is 10.3. The van der Waals surface area contributed by atoms with Crippen LogP contribution in [0.3, 0.4) is 0 Å². The Morgan fingerprint density at radius 1 is 1.31 bits per heavy atom. The molecule has 0 aliphatic heterocycles. The predicted molar refractivity (Wildman–Crippen MR) is 44.4 cm³/mol. The van der Waals surface area contributed by atoms with E-state index in [1.165, 1.54) is 5.56 Å². The summed E-state index contributed by atoms with van der Waals surface area (Å²) in [5, 5.41) is 0. The highest BCUT2D eigenvalue weighted by molar-refractivity contribution is 5.53. The highest BCUT2D eigenvalue weighted by Crippen LogP contribution is 1.98. The van der Waals surface area contributed by atoms with Crippen molar-refractivity contribution in [3.63, 3.8) is 0 Å². The van der Waals surface area contributed by atoms with Gasteiger partial charge in [0.15, 0.2) is 0 Å². The van der Waals surface area contributed by atoms with Crippen LogP contribution in [-0.4, -0.2) is 12.7 Å². The van der Waals surface area contributed by atoms with Crippen molar-refractivity contribution in [1.82, 2.24) is 0 Å². The monoisotopic (exact) mass is 201 g/mol. The minimum Gasteiger partial charge on any atom is -1.00 e. The molecule has 0 saturated heterocycles. The van der Waals surface area contributed by atoms with Gasteiger partial charge in [-0.05, 0) is 5.56 Å². The second kappa shape index (κ2) is 6.46. The van der Waals surface area contributed by atoms with Gasteiger partial charge in [0.1, 0.15) is 6.61 Å². The second-order valence-electron chi connectivity index (χ2n) is 2.46.